The van der Waals surface area contributed by atoms with Crippen molar-refractivity contribution in [2.45, 2.75) is 218 Å². The van der Waals surface area contributed by atoms with Gasteiger partial charge in [0.15, 0.2) is 5.79 Å². The van der Waals surface area contributed by atoms with Crippen molar-refractivity contribution in [3.8, 4) is 0 Å². The van der Waals surface area contributed by atoms with Crippen LogP contribution in [0.25, 0.3) is 0 Å². The van der Waals surface area contributed by atoms with Crippen LogP contribution in [0.4, 0.5) is 0 Å². The lowest BCUT2D eigenvalue weighted by molar-refractivity contribution is -0.218. The van der Waals surface area contributed by atoms with Crippen LogP contribution in [-0.4, -0.2) is 41.9 Å². The second-order valence-electron chi connectivity index (χ2n) is 14.3. The summed E-state index contributed by atoms with van der Waals surface area (Å²) >= 11 is 0. The summed E-state index contributed by atoms with van der Waals surface area (Å²) in [7, 11) is 0. The monoisotopic (exact) mass is 657 g/mol. The highest BCUT2D eigenvalue weighted by molar-refractivity contribution is 4.98. The Kier molecular flexibility index (Phi) is 25.6. The molecule has 2 heterocycles. The molecule has 272 valence electrons. The van der Waals surface area contributed by atoms with Crippen LogP contribution in [0.5, 0.6) is 0 Å². The molecule has 1 N–H and O–H groups in total. The molecule has 4 heteroatoms. The van der Waals surface area contributed by atoms with Crippen molar-refractivity contribution in [3.05, 3.63) is 48.6 Å². The first-order chi connectivity index (χ1) is 23.2. The Labute approximate surface area is 291 Å². The first-order valence-electron chi connectivity index (χ1n) is 20.4. The molecule has 4 nitrogen and oxygen atoms in total. The van der Waals surface area contributed by atoms with Gasteiger partial charge in [0.25, 0.3) is 0 Å². The van der Waals surface area contributed by atoms with Crippen molar-refractivity contribution in [1.82, 2.24) is 0 Å². The van der Waals surface area contributed by atoms with Gasteiger partial charge >= 0.3 is 0 Å². The van der Waals surface area contributed by atoms with Crippen LogP contribution in [0.1, 0.15) is 188 Å². The predicted molar refractivity (Wildman–Crippen MR) is 202 cm³/mol. The summed E-state index contributed by atoms with van der Waals surface area (Å²) < 4.78 is 19.3. The Balaban J connectivity index is 1.57. The predicted octanol–water partition coefficient (Wildman–Crippen LogP) is 12.7. The molecule has 2 rings (SSSR count). The van der Waals surface area contributed by atoms with Gasteiger partial charge in [0.2, 0.25) is 0 Å². The van der Waals surface area contributed by atoms with E-state index < -0.39 is 5.79 Å². The Morgan fingerprint density at radius 3 is 1.30 bits per heavy atom. The lowest BCUT2D eigenvalue weighted by atomic mass is 9.98. The third-order valence-electron chi connectivity index (χ3n) is 9.94. The van der Waals surface area contributed by atoms with Crippen LogP contribution in [0, 0.1) is 0 Å². The van der Waals surface area contributed by atoms with Gasteiger partial charge in [0, 0.05) is 12.8 Å². The number of fused-ring (bicyclic) bond motifs is 1. The Bertz CT molecular complexity index is 782. The minimum atomic E-state index is -0.495. The molecule has 0 aromatic heterocycles. The highest BCUT2D eigenvalue weighted by atomic mass is 16.8. The molecule has 0 unspecified atom stereocenters. The molecule has 0 bridgehead atoms. The molecule has 0 aromatic carbocycles. The van der Waals surface area contributed by atoms with E-state index in [1.165, 1.54) is 128 Å². The van der Waals surface area contributed by atoms with E-state index in [2.05, 4.69) is 69.4 Å². The fraction of sp³-hybridized carbons (Fsp3) is 0.814. The first kappa shape index (κ1) is 42.0. The van der Waals surface area contributed by atoms with Crippen molar-refractivity contribution in [2.24, 2.45) is 0 Å². The molecular formula is C43H76O4. The molecule has 0 spiro atoms. The van der Waals surface area contributed by atoms with Crippen LogP contribution >= 0.6 is 0 Å². The highest BCUT2D eigenvalue weighted by Gasteiger charge is 2.56. The maximum atomic E-state index is 9.88. The van der Waals surface area contributed by atoms with Gasteiger partial charge in [-0.3, -0.25) is 0 Å². The molecule has 47 heavy (non-hydrogen) atoms. The summed E-state index contributed by atoms with van der Waals surface area (Å²) in [6.45, 7) is 6.59. The van der Waals surface area contributed by atoms with Crippen molar-refractivity contribution < 1.29 is 19.3 Å². The Morgan fingerprint density at radius 2 is 0.872 bits per heavy atom. The van der Waals surface area contributed by atoms with E-state index in [1.807, 2.05) is 0 Å². The van der Waals surface area contributed by atoms with E-state index in [0.29, 0.717) is 0 Å². The summed E-state index contributed by atoms with van der Waals surface area (Å²) in [6.07, 6.45) is 50.3. The SMILES string of the molecule is CCCCCC=CCC=CCCCCCCCCC1(CCCCCCCCC=CCC=CCCCCC)O[C@@H]2[C@H](O1)[C@@H](CO)O[C@H]2C. The first-order valence-corrected chi connectivity index (χ1v) is 20.4. The molecule has 2 aliphatic heterocycles. The minimum Gasteiger partial charge on any atom is -0.394 e. The number of allylic oxidation sites excluding steroid dienone is 8. The molecule has 2 fully saturated rings. The van der Waals surface area contributed by atoms with Crippen LogP contribution in [0.3, 0.4) is 0 Å². The van der Waals surface area contributed by atoms with E-state index in [9.17, 15) is 5.11 Å². The van der Waals surface area contributed by atoms with Gasteiger partial charge in [-0.05, 0) is 84.0 Å². The van der Waals surface area contributed by atoms with Gasteiger partial charge in [0.1, 0.15) is 18.3 Å². The molecule has 2 aliphatic rings. The molecule has 0 amide bonds. The van der Waals surface area contributed by atoms with Gasteiger partial charge in [-0.2, -0.15) is 0 Å². The fourth-order valence-corrected chi connectivity index (χ4v) is 7.01. The van der Waals surface area contributed by atoms with Crippen LogP contribution < -0.4 is 0 Å². The van der Waals surface area contributed by atoms with Crippen LogP contribution in [0.15, 0.2) is 48.6 Å². The molecule has 2 saturated heterocycles. The molecular weight excluding hydrogens is 580 g/mol. The second kappa shape index (κ2) is 28.6. The third-order valence-corrected chi connectivity index (χ3v) is 9.94. The lowest BCUT2D eigenvalue weighted by Gasteiger charge is -2.31. The number of unbranched alkanes of at least 4 members (excludes halogenated alkanes) is 18. The number of aliphatic hydroxyl groups is 1. The summed E-state index contributed by atoms with van der Waals surface area (Å²) in [6, 6.07) is 0. The number of aliphatic hydroxyl groups excluding tert-OH is 1. The molecule has 0 radical (unpaired) electrons. The topological polar surface area (TPSA) is 47.9 Å². The maximum absolute atomic E-state index is 9.88. The van der Waals surface area contributed by atoms with E-state index in [-0.39, 0.29) is 31.0 Å². The summed E-state index contributed by atoms with van der Waals surface area (Å²) in [5.41, 5.74) is 0. The van der Waals surface area contributed by atoms with E-state index >= 15 is 0 Å². The standard InChI is InChI=1S/C43H76O4/c1-4-6-8-10-12-14-16-18-20-22-24-26-28-30-32-34-36-43(46-41-39(3)45-40(38-44)42(41)47-43)37-35-33-31-29-27-25-23-21-19-17-15-13-11-9-7-5-2/h12-15,18-21,39-42,44H,4-11,16-17,22-38H2,1-3H3/t39-,40+,41-,42+,43?/m0/s1. The summed E-state index contributed by atoms with van der Waals surface area (Å²) in [5, 5.41) is 9.88. The number of hydrogen-bond acceptors (Lipinski definition) is 4. The smallest absolute Gasteiger partial charge is 0.169 e. The number of hydrogen-bond donors (Lipinski definition) is 1. The van der Waals surface area contributed by atoms with Crippen molar-refractivity contribution >= 4 is 0 Å². The lowest BCUT2D eigenvalue weighted by Crippen LogP contribution is -2.36. The quantitative estimate of drug-likeness (QED) is 0.0596. The fourth-order valence-electron chi connectivity index (χ4n) is 7.01. The number of rotatable bonds is 31. The van der Waals surface area contributed by atoms with Crippen molar-refractivity contribution in [3.63, 3.8) is 0 Å². The zero-order valence-electron chi connectivity index (χ0n) is 31.2. The second-order valence-corrected chi connectivity index (χ2v) is 14.3. The van der Waals surface area contributed by atoms with Gasteiger partial charge in [-0.25, -0.2) is 0 Å². The largest absolute Gasteiger partial charge is 0.394 e. The molecule has 0 saturated carbocycles. The molecule has 0 aliphatic carbocycles. The summed E-state index contributed by atoms with van der Waals surface area (Å²) in [5.74, 6) is -0.495. The zero-order valence-corrected chi connectivity index (χ0v) is 31.2. The third kappa shape index (κ3) is 19.5. The van der Waals surface area contributed by atoms with Gasteiger partial charge in [0.05, 0.1) is 12.7 Å². The van der Waals surface area contributed by atoms with Crippen molar-refractivity contribution in [1.29, 1.82) is 0 Å². The van der Waals surface area contributed by atoms with E-state index in [0.717, 1.165) is 38.5 Å². The summed E-state index contributed by atoms with van der Waals surface area (Å²) in [4.78, 5) is 0. The van der Waals surface area contributed by atoms with Gasteiger partial charge in [-0.15, -0.1) is 0 Å². The zero-order chi connectivity index (χ0) is 33.7. The van der Waals surface area contributed by atoms with Gasteiger partial charge < -0.3 is 19.3 Å². The highest BCUT2D eigenvalue weighted by Crippen LogP contribution is 2.44. The van der Waals surface area contributed by atoms with Crippen LogP contribution in [0.2, 0.25) is 0 Å². The van der Waals surface area contributed by atoms with E-state index in [4.69, 9.17) is 14.2 Å². The minimum absolute atomic E-state index is 0.000813. The Morgan fingerprint density at radius 1 is 0.489 bits per heavy atom. The van der Waals surface area contributed by atoms with Crippen molar-refractivity contribution in [2.75, 3.05) is 6.61 Å². The average Bonchev–Trinajstić information content (AvgIpc) is 3.59. The Hall–Kier alpha value is -1.20. The van der Waals surface area contributed by atoms with Crippen LogP contribution in [-0.2, 0) is 14.2 Å². The molecule has 4 atom stereocenters. The average molecular weight is 657 g/mol. The molecule has 0 aromatic rings. The number of ether oxygens (including phenoxy) is 3. The van der Waals surface area contributed by atoms with E-state index in [1.54, 1.807) is 0 Å². The maximum Gasteiger partial charge on any atom is 0.169 e. The normalized spacial score (nSPS) is 24.7. The van der Waals surface area contributed by atoms with Gasteiger partial charge in [-0.1, -0.05) is 140 Å².